The minimum atomic E-state index is -0.629. The standard InChI is InChI=1S/C11H9F2NO2S/c1-15-10-4-7(12)6(3-8(10)13)9-5-17-11(14-9)16-2/h3-5H,1-2H3. The van der Waals surface area contributed by atoms with E-state index in [1.165, 1.54) is 25.6 Å². The van der Waals surface area contributed by atoms with Crippen molar-refractivity contribution in [3.05, 3.63) is 29.1 Å². The fourth-order valence-corrected chi connectivity index (χ4v) is 2.00. The van der Waals surface area contributed by atoms with Crippen molar-refractivity contribution in [3.63, 3.8) is 0 Å². The molecule has 0 N–H and O–H groups in total. The molecule has 0 fully saturated rings. The van der Waals surface area contributed by atoms with Crippen LogP contribution in [0.2, 0.25) is 0 Å². The Morgan fingerprint density at radius 3 is 2.47 bits per heavy atom. The average Bonchev–Trinajstić information content (AvgIpc) is 2.80. The molecule has 0 saturated heterocycles. The molecule has 90 valence electrons. The third-order valence-electron chi connectivity index (χ3n) is 2.18. The quantitative estimate of drug-likeness (QED) is 0.846. The normalized spacial score (nSPS) is 10.4. The van der Waals surface area contributed by atoms with Crippen LogP contribution in [0.15, 0.2) is 17.5 Å². The Bertz CT molecular complexity index is 542. The lowest BCUT2D eigenvalue weighted by atomic mass is 10.1. The number of methoxy groups -OCH3 is 2. The summed E-state index contributed by atoms with van der Waals surface area (Å²) in [6.45, 7) is 0. The van der Waals surface area contributed by atoms with E-state index in [9.17, 15) is 8.78 Å². The van der Waals surface area contributed by atoms with E-state index in [4.69, 9.17) is 4.74 Å². The average molecular weight is 257 g/mol. The summed E-state index contributed by atoms with van der Waals surface area (Å²) in [4.78, 5) is 4.01. The molecular formula is C11H9F2NO2S. The van der Waals surface area contributed by atoms with Gasteiger partial charge in [-0.05, 0) is 6.07 Å². The minimum Gasteiger partial charge on any atom is -0.494 e. The molecule has 3 nitrogen and oxygen atoms in total. The van der Waals surface area contributed by atoms with Crippen LogP contribution < -0.4 is 9.47 Å². The topological polar surface area (TPSA) is 31.4 Å². The molecule has 1 aromatic heterocycles. The van der Waals surface area contributed by atoms with Crippen molar-refractivity contribution in [2.75, 3.05) is 14.2 Å². The molecule has 0 aliphatic carbocycles. The second kappa shape index (κ2) is 4.67. The summed E-state index contributed by atoms with van der Waals surface area (Å²) in [5, 5.41) is 2.00. The van der Waals surface area contributed by atoms with Crippen molar-refractivity contribution in [2.45, 2.75) is 0 Å². The number of ether oxygens (including phenoxy) is 2. The first-order valence-corrected chi connectivity index (χ1v) is 5.56. The van der Waals surface area contributed by atoms with Crippen molar-refractivity contribution in [1.82, 2.24) is 4.98 Å². The van der Waals surface area contributed by atoms with Crippen LogP contribution in [0, 0.1) is 11.6 Å². The molecule has 0 radical (unpaired) electrons. The van der Waals surface area contributed by atoms with Gasteiger partial charge < -0.3 is 9.47 Å². The largest absolute Gasteiger partial charge is 0.494 e. The van der Waals surface area contributed by atoms with E-state index in [0.717, 1.165) is 12.1 Å². The maximum absolute atomic E-state index is 13.7. The summed E-state index contributed by atoms with van der Waals surface area (Å²) in [7, 11) is 2.75. The van der Waals surface area contributed by atoms with Crippen molar-refractivity contribution >= 4 is 11.3 Å². The summed E-state index contributed by atoms with van der Waals surface area (Å²) in [6, 6.07) is 2.05. The van der Waals surface area contributed by atoms with Crippen LogP contribution in [0.5, 0.6) is 10.9 Å². The van der Waals surface area contributed by atoms with Crippen molar-refractivity contribution in [3.8, 4) is 22.2 Å². The van der Waals surface area contributed by atoms with E-state index in [1.807, 2.05) is 0 Å². The van der Waals surface area contributed by atoms with E-state index in [-0.39, 0.29) is 11.3 Å². The fraction of sp³-hybridized carbons (Fsp3) is 0.182. The summed E-state index contributed by atoms with van der Waals surface area (Å²) < 4.78 is 36.7. The van der Waals surface area contributed by atoms with Gasteiger partial charge in [0, 0.05) is 17.0 Å². The number of halogens is 2. The van der Waals surface area contributed by atoms with Gasteiger partial charge in [-0.25, -0.2) is 13.8 Å². The lowest BCUT2D eigenvalue weighted by Gasteiger charge is -2.05. The summed E-state index contributed by atoms with van der Waals surface area (Å²) in [5.74, 6) is -1.35. The Labute approximate surface area is 101 Å². The van der Waals surface area contributed by atoms with E-state index in [0.29, 0.717) is 10.9 Å². The third-order valence-corrected chi connectivity index (χ3v) is 2.98. The SMILES string of the molecule is COc1nc(-c2cc(F)c(OC)cc2F)cs1. The van der Waals surface area contributed by atoms with Gasteiger partial charge in [-0.2, -0.15) is 0 Å². The highest BCUT2D eigenvalue weighted by Gasteiger charge is 2.14. The fourth-order valence-electron chi connectivity index (χ4n) is 1.36. The number of hydrogen-bond donors (Lipinski definition) is 0. The monoisotopic (exact) mass is 257 g/mol. The highest BCUT2D eigenvalue weighted by molar-refractivity contribution is 7.11. The Morgan fingerprint density at radius 2 is 1.88 bits per heavy atom. The second-order valence-corrected chi connectivity index (χ2v) is 3.99. The first kappa shape index (κ1) is 11.8. The summed E-state index contributed by atoms with van der Waals surface area (Å²) in [6.07, 6.45) is 0. The second-order valence-electron chi connectivity index (χ2n) is 3.17. The van der Waals surface area contributed by atoms with E-state index in [2.05, 4.69) is 9.72 Å². The maximum atomic E-state index is 13.7. The zero-order valence-electron chi connectivity index (χ0n) is 9.16. The number of hydrogen-bond acceptors (Lipinski definition) is 4. The van der Waals surface area contributed by atoms with Gasteiger partial charge in [-0.3, -0.25) is 0 Å². The molecule has 0 atom stereocenters. The number of aromatic nitrogens is 1. The molecule has 0 aliphatic rings. The van der Waals surface area contributed by atoms with E-state index >= 15 is 0 Å². The van der Waals surface area contributed by atoms with Gasteiger partial charge in [0.1, 0.15) is 5.82 Å². The van der Waals surface area contributed by atoms with Crippen molar-refractivity contribution in [1.29, 1.82) is 0 Å². The molecule has 0 amide bonds. The van der Waals surface area contributed by atoms with Crippen molar-refractivity contribution < 1.29 is 18.3 Å². The highest BCUT2D eigenvalue weighted by atomic mass is 32.1. The van der Waals surface area contributed by atoms with Gasteiger partial charge >= 0.3 is 0 Å². The minimum absolute atomic E-state index is 0.0860. The molecule has 0 bridgehead atoms. The molecule has 6 heteroatoms. The first-order chi connectivity index (χ1) is 8.15. The zero-order valence-corrected chi connectivity index (χ0v) is 9.98. The zero-order chi connectivity index (χ0) is 12.4. The Kier molecular flexibility index (Phi) is 3.23. The Morgan fingerprint density at radius 1 is 1.12 bits per heavy atom. The van der Waals surface area contributed by atoms with Crippen LogP contribution in [0.3, 0.4) is 0 Å². The molecule has 2 rings (SSSR count). The molecule has 1 heterocycles. The van der Waals surface area contributed by atoms with Crippen LogP contribution >= 0.6 is 11.3 Å². The molecule has 0 aliphatic heterocycles. The van der Waals surface area contributed by atoms with Crippen LogP contribution in [0.1, 0.15) is 0 Å². The van der Waals surface area contributed by atoms with Crippen LogP contribution in [0.4, 0.5) is 8.78 Å². The molecule has 0 spiro atoms. The maximum Gasteiger partial charge on any atom is 0.273 e. The van der Waals surface area contributed by atoms with E-state index < -0.39 is 11.6 Å². The van der Waals surface area contributed by atoms with Crippen LogP contribution in [-0.4, -0.2) is 19.2 Å². The highest BCUT2D eigenvalue weighted by Crippen LogP contribution is 2.31. The number of rotatable bonds is 3. The molecular weight excluding hydrogens is 248 g/mol. The van der Waals surface area contributed by atoms with Gasteiger partial charge in [0.2, 0.25) is 0 Å². The van der Waals surface area contributed by atoms with Crippen LogP contribution in [-0.2, 0) is 0 Å². The third kappa shape index (κ3) is 2.21. The predicted molar refractivity (Wildman–Crippen MR) is 60.6 cm³/mol. The number of thiazole rings is 1. The molecule has 0 unspecified atom stereocenters. The number of nitrogens with zero attached hydrogens (tertiary/aromatic N) is 1. The molecule has 2 aromatic rings. The van der Waals surface area contributed by atoms with Gasteiger partial charge in [-0.1, -0.05) is 11.3 Å². The van der Waals surface area contributed by atoms with Gasteiger partial charge in [-0.15, -0.1) is 0 Å². The smallest absolute Gasteiger partial charge is 0.273 e. The Balaban J connectivity index is 2.48. The summed E-state index contributed by atoms with van der Waals surface area (Å²) >= 11 is 1.22. The predicted octanol–water partition coefficient (Wildman–Crippen LogP) is 3.11. The van der Waals surface area contributed by atoms with E-state index in [1.54, 1.807) is 5.38 Å². The van der Waals surface area contributed by atoms with Gasteiger partial charge in [0.25, 0.3) is 5.19 Å². The lowest BCUT2D eigenvalue weighted by Crippen LogP contribution is -1.93. The molecule has 17 heavy (non-hydrogen) atoms. The number of benzene rings is 1. The van der Waals surface area contributed by atoms with Crippen LogP contribution in [0.25, 0.3) is 11.3 Å². The van der Waals surface area contributed by atoms with Crippen molar-refractivity contribution in [2.24, 2.45) is 0 Å². The Hall–Kier alpha value is -1.69. The first-order valence-electron chi connectivity index (χ1n) is 4.68. The molecule has 1 aromatic carbocycles. The molecule has 0 saturated carbocycles. The van der Waals surface area contributed by atoms with Gasteiger partial charge in [0.05, 0.1) is 19.9 Å². The van der Waals surface area contributed by atoms with Gasteiger partial charge in [0.15, 0.2) is 11.6 Å². The summed E-state index contributed by atoms with van der Waals surface area (Å²) in [5.41, 5.74) is 0.425. The lowest BCUT2D eigenvalue weighted by molar-refractivity contribution is 0.383.